The van der Waals surface area contributed by atoms with Crippen LogP contribution in [-0.4, -0.2) is 21.0 Å². The Bertz CT molecular complexity index is 792. The Balaban J connectivity index is 1.73. The van der Waals surface area contributed by atoms with Gasteiger partial charge in [-0.25, -0.2) is 4.98 Å². The Hall–Kier alpha value is -2.96. The quantitative estimate of drug-likeness (QED) is 0.795. The van der Waals surface area contributed by atoms with Crippen LogP contribution >= 0.6 is 0 Å². The van der Waals surface area contributed by atoms with Crippen molar-refractivity contribution in [1.29, 1.82) is 0 Å². The standard InChI is InChI=1S/C15H14N4O3/c1-9-6-13(19-22-9)18-14(20)7-12-10(2)21-15(17-12)11-4-3-5-16-8-11/h3-6,8H,7H2,1-2H3,(H,18,19,20). The highest BCUT2D eigenvalue weighted by molar-refractivity contribution is 5.91. The van der Waals surface area contributed by atoms with Gasteiger partial charge in [-0.3, -0.25) is 9.78 Å². The molecule has 1 amide bonds. The normalized spacial score (nSPS) is 10.6. The lowest BCUT2D eigenvalue weighted by Crippen LogP contribution is -2.15. The third-order valence-electron chi connectivity index (χ3n) is 3.02. The summed E-state index contributed by atoms with van der Waals surface area (Å²) >= 11 is 0. The summed E-state index contributed by atoms with van der Waals surface area (Å²) in [6.45, 7) is 3.53. The third-order valence-corrected chi connectivity index (χ3v) is 3.02. The highest BCUT2D eigenvalue weighted by Gasteiger charge is 2.15. The average molecular weight is 298 g/mol. The maximum Gasteiger partial charge on any atom is 0.231 e. The van der Waals surface area contributed by atoms with E-state index in [-0.39, 0.29) is 12.3 Å². The molecule has 0 fully saturated rings. The van der Waals surface area contributed by atoms with Crippen molar-refractivity contribution >= 4 is 11.7 Å². The summed E-state index contributed by atoms with van der Waals surface area (Å²) in [6, 6.07) is 5.29. The molecule has 3 rings (SSSR count). The summed E-state index contributed by atoms with van der Waals surface area (Å²) in [6.07, 6.45) is 3.43. The molecule has 0 spiro atoms. The lowest BCUT2D eigenvalue weighted by molar-refractivity contribution is -0.115. The zero-order chi connectivity index (χ0) is 15.5. The van der Waals surface area contributed by atoms with Gasteiger partial charge in [0.2, 0.25) is 11.8 Å². The number of carbonyl (C=O) groups excluding carboxylic acids is 1. The number of nitrogens with one attached hydrogen (secondary N) is 1. The summed E-state index contributed by atoms with van der Waals surface area (Å²) in [5.41, 5.74) is 1.35. The molecule has 0 radical (unpaired) electrons. The van der Waals surface area contributed by atoms with Crippen LogP contribution in [0.1, 0.15) is 17.2 Å². The van der Waals surface area contributed by atoms with Crippen LogP contribution in [0.3, 0.4) is 0 Å². The van der Waals surface area contributed by atoms with E-state index in [4.69, 9.17) is 8.94 Å². The van der Waals surface area contributed by atoms with E-state index in [0.29, 0.717) is 28.9 Å². The minimum atomic E-state index is -0.234. The second-order valence-corrected chi connectivity index (χ2v) is 4.81. The number of hydrogen-bond donors (Lipinski definition) is 1. The van der Waals surface area contributed by atoms with Crippen molar-refractivity contribution in [1.82, 2.24) is 15.1 Å². The van der Waals surface area contributed by atoms with Crippen LogP contribution in [0.4, 0.5) is 5.82 Å². The Morgan fingerprint density at radius 1 is 1.36 bits per heavy atom. The minimum Gasteiger partial charge on any atom is -0.441 e. The van der Waals surface area contributed by atoms with Crippen LogP contribution in [-0.2, 0) is 11.2 Å². The van der Waals surface area contributed by atoms with Gasteiger partial charge in [0.1, 0.15) is 11.5 Å². The molecule has 3 aromatic rings. The van der Waals surface area contributed by atoms with Crippen molar-refractivity contribution in [2.24, 2.45) is 0 Å². The number of aryl methyl sites for hydroxylation is 2. The molecule has 0 atom stereocenters. The van der Waals surface area contributed by atoms with Gasteiger partial charge < -0.3 is 14.3 Å². The molecular weight excluding hydrogens is 284 g/mol. The van der Waals surface area contributed by atoms with Gasteiger partial charge in [-0.15, -0.1) is 0 Å². The molecule has 0 aliphatic carbocycles. The third kappa shape index (κ3) is 3.03. The van der Waals surface area contributed by atoms with Gasteiger partial charge >= 0.3 is 0 Å². The van der Waals surface area contributed by atoms with Crippen molar-refractivity contribution in [3.63, 3.8) is 0 Å². The summed E-state index contributed by atoms with van der Waals surface area (Å²) < 4.78 is 10.5. The van der Waals surface area contributed by atoms with Gasteiger partial charge in [-0.2, -0.15) is 0 Å². The van der Waals surface area contributed by atoms with Crippen molar-refractivity contribution in [2.45, 2.75) is 20.3 Å². The zero-order valence-corrected chi connectivity index (χ0v) is 12.2. The van der Waals surface area contributed by atoms with E-state index in [1.54, 1.807) is 38.4 Å². The predicted molar refractivity (Wildman–Crippen MR) is 78.0 cm³/mol. The number of carbonyl (C=O) groups is 1. The Morgan fingerprint density at radius 3 is 2.91 bits per heavy atom. The Morgan fingerprint density at radius 2 is 2.23 bits per heavy atom. The molecule has 0 aliphatic rings. The molecule has 0 aromatic carbocycles. The molecule has 112 valence electrons. The summed E-state index contributed by atoms with van der Waals surface area (Å²) in [7, 11) is 0. The number of oxazole rings is 1. The monoisotopic (exact) mass is 298 g/mol. The lowest BCUT2D eigenvalue weighted by atomic mass is 10.2. The molecular formula is C15H14N4O3. The van der Waals surface area contributed by atoms with Crippen molar-refractivity contribution in [3.8, 4) is 11.5 Å². The number of rotatable bonds is 4. The average Bonchev–Trinajstić information content (AvgIpc) is 3.07. The molecule has 3 aromatic heterocycles. The second kappa shape index (κ2) is 5.80. The maximum absolute atomic E-state index is 12.0. The summed E-state index contributed by atoms with van der Waals surface area (Å²) in [5.74, 6) is 1.83. The number of aromatic nitrogens is 3. The first-order valence-electron chi connectivity index (χ1n) is 6.71. The fourth-order valence-electron chi connectivity index (χ4n) is 1.97. The predicted octanol–water partition coefficient (Wildman–Crippen LogP) is 2.52. The first kappa shape index (κ1) is 14.0. The maximum atomic E-state index is 12.0. The van der Waals surface area contributed by atoms with E-state index in [0.717, 1.165) is 5.56 Å². The molecule has 0 saturated heterocycles. The fraction of sp³-hybridized carbons (Fsp3) is 0.200. The molecule has 0 saturated carbocycles. The molecule has 7 heteroatoms. The van der Waals surface area contributed by atoms with Gasteiger partial charge in [0.25, 0.3) is 0 Å². The fourth-order valence-corrected chi connectivity index (χ4v) is 1.97. The van der Waals surface area contributed by atoms with Gasteiger partial charge in [-0.05, 0) is 26.0 Å². The summed E-state index contributed by atoms with van der Waals surface area (Å²) in [5, 5.41) is 6.36. The Labute approximate surface area is 126 Å². The van der Waals surface area contributed by atoms with E-state index in [1.807, 2.05) is 6.07 Å². The zero-order valence-electron chi connectivity index (χ0n) is 12.2. The van der Waals surface area contributed by atoms with Crippen LogP contribution in [0.2, 0.25) is 0 Å². The van der Waals surface area contributed by atoms with Crippen LogP contribution in [0.5, 0.6) is 0 Å². The van der Waals surface area contributed by atoms with Gasteiger partial charge in [0, 0.05) is 18.5 Å². The molecule has 22 heavy (non-hydrogen) atoms. The van der Waals surface area contributed by atoms with E-state index >= 15 is 0 Å². The number of nitrogens with zero attached hydrogens (tertiary/aromatic N) is 3. The molecule has 0 unspecified atom stereocenters. The first-order chi connectivity index (χ1) is 10.6. The van der Waals surface area contributed by atoms with Gasteiger partial charge in [-0.1, -0.05) is 5.16 Å². The van der Waals surface area contributed by atoms with Gasteiger partial charge in [0.05, 0.1) is 17.7 Å². The summed E-state index contributed by atoms with van der Waals surface area (Å²) in [4.78, 5) is 20.4. The number of amides is 1. The smallest absolute Gasteiger partial charge is 0.231 e. The molecule has 7 nitrogen and oxygen atoms in total. The largest absolute Gasteiger partial charge is 0.441 e. The molecule has 1 N–H and O–H groups in total. The van der Waals surface area contributed by atoms with E-state index in [2.05, 4.69) is 20.4 Å². The molecule has 0 bridgehead atoms. The second-order valence-electron chi connectivity index (χ2n) is 4.81. The SMILES string of the molecule is Cc1cc(NC(=O)Cc2nc(-c3cccnc3)oc2C)no1. The van der Waals surface area contributed by atoms with Crippen molar-refractivity contribution in [2.75, 3.05) is 5.32 Å². The van der Waals surface area contributed by atoms with E-state index in [9.17, 15) is 4.79 Å². The van der Waals surface area contributed by atoms with Crippen LogP contribution in [0.15, 0.2) is 39.5 Å². The van der Waals surface area contributed by atoms with E-state index < -0.39 is 0 Å². The lowest BCUT2D eigenvalue weighted by Gasteiger charge is -1.98. The highest BCUT2D eigenvalue weighted by Crippen LogP contribution is 2.21. The van der Waals surface area contributed by atoms with Crippen LogP contribution in [0, 0.1) is 13.8 Å². The number of hydrogen-bond acceptors (Lipinski definition) is 6. The van der Waals surface area contributed by atoms with Crippen LogP contribution < -0.4 is 5.32 Å². The van der Waals surface area contributed by atoms with Crippen LogP contribution in [0.25, 0.3) is 11.5 Å². The minimum absolute atomic E-state index is 0.0987. The van der Waals surface area contributed by atoms with E-state index in [1.165, 1.54) is 0 Å². The topological polar surface area (TPSA) is 94.1 Å². The van der Waals surface area contributed by atoms with Crippen molar-refractivity contribution < 1.29 is 13.7 Å². The molecule has 0 aliphatic heterocycles. The van der Waals surface area contributed by atoms with Crippen molar-refractivity contribution in [3.05, 3.63) is 47.8 Å². The van der Waals surface area contributed by atoms with Gasteiger partial charge in [0.15, 0.2) is 5.82 Å². The number of pyridine rings is 1. The number of anilines is 1. The highest BCUT2D eigenvalue weighted by atomic mass is 16.5. The Kier molecular flexibility index (Phi) is 3.69. The molecule has 3 heterocycles. The first-order valence-corrected chi connectivity index (χ1v) is 6.71.